The van der Waals surface area contributed by atoms with Crippen LogP contribution >= 0.6 is 0 Å². The lowest BCUT2D eigenvalue weighted by molar-refractivity contribution is 0.0786. The lowest BCUT2D eigenvalue weighted by atomic mass is 10.1. The van der Waals surface area contributed by atoms with Crippen LogP contribution in [0.15, 0.2) is 36.5 Å². The third kappa shape index (κ3) is 3.85. The van der Waals surface area contributed by atoms with Crippen molar-refractivity contribution in [2.24, 2.45) is 0 Å². The number of carbonyl (C=O) groups excluding carboxylic acids is 1. The molecule has 2 atom stereocenters. The predicted octanol–water partition coefficient (Wildman–Crippen LogP) is 0.994. The number of benzene rings is 1. The van der Waals surface area contributed by atoms with Crippen molar-refractivity contribution in [2.45, 2.75) is 19.1 Å². The highest BCUT2D eigenvalue weighted by atomic mass is 32.2. The number of methoxy groups -OCH3 is 1. The van der Waals surface area contributed by atoms with Crippen LogP contribution < -0.4 is 5.32 Å². The molecular weight excluding hydrogens is 342 g/mol. The average molecular weight is 361 g/mol. The molecule has 7 nitrogen and oxygen atoms in total. The Balaban J connectivity index is 1.91. The number of aromatic nitrogens is 2. The number of amides is 1. The van der Waals surface area contributed by atoms with Crippen LogP contribution in [-0.2, 0) is 14.6 Å². The standard InChI is InChI=1S/C17H19N3O4S/c1-11-18-8-13(16(19-11)12-6-4-3-5-7-12)17(21)20-14-9-25(22,23)10-15(14)24-2/h3-8,14-15H,9-10H2,1-2H3,(H,20,21). The Morgan fingerprint density at radius 3 is 2.64 bits per heavy atom. The molecule has 1 amide bonds. The number of hydrogen-bond donors (Lipinski definition) is 1. The van der Waals surface area contributed by atoms with E-state index in [0.717, 1.165) is 5.56 Å². The molecule has 0 aliphatic carbocycles. The van der Waals surface area contributed by atoms with Gasteiger partial charge in [0.25, 0.3) is 5.91 Å². The maximum Gasteiger partial charge on any atom is 0.255 e. The van der Waals surface area contributed by atoms with E-state index < -0.39 is 27.9 Å². The largest absolute Gasteiger partial charge is 0.378 e. The zero-order valence-electron chi connectivity index (χ0n) is 14.0. The fraction of sp³-hybridized carbons (Fsp3) is 0.353. The van der Waals surface area contributed by atoms with Crippen LogP contribution in [0.1, 0.15) is 16.2 Å². The number of nitrogens with zero attached hydrogens (tertiary/aromatic N) is 2. The molecule has 132 valence electrons. The highest BCUT2D eigenvalue weighted by Gasteiger charge is 2.39. The molecular formula is C17H19N3O4S. The molecule has 1 N–H and O–H groups in total. The van der Waals surface area contributed by atoms with E-state index in [0.29, 0.717) is 17.1 Å². The molecule has 0 spiro atoms. The average Bonchev–Trinajstić information content (AvgIpc) is 2.89. The summed E-state index contributed by atoms with van der Waals surface area (Å²) in [5.41, 5.74) is 1.61. The summed E-state index contributed by atoms with van der Waals surface area (Å²) in [4.78, 5) is 21.2. The van der Waals surface area contributed by atoms with E-state index in [1.165, 1.54) is 13.3 Å². The lowest BCUT2D eigenvalue weighted by Gasteiger charge is -2.18. The molecule has 1 fully saturated rings. The van der Waals surface area contributed by atoms with E-state index in [2.05, 4.69) is 15.3 Å². The van der Waals surface area contributed by atoms with E-state index in [9.17, 15) is 13.2 Å². The van der Waals surface area contributed by atoms with E-state index in [1.54, 1.807) is 6.92 Å². The Kier molecular flexibility index (Phi) is 4.82. The first-order chi connectivity index (χ1) is 11.9. The van der Waals surface area contributed by atoms with E-state index >= 15 is 0 Å². The smallest absolute Gasteiger partial charge is 0.255 e. The highest BCUT2D eigenvalue weighted by molar-refractivity contribution is 7.91. The van der Waals surface area contributed by atoms with Crippen molar-refractivity contribution in [3.63, 3.8) is 0 Å². The van der Waals surface area contributed by atoms with Crippen LogP contribution in [0.5, 0.6) is 0 Å². The van der Waals surface area contributed by atoms with Crippen LogP contribution in [0, 0.1) is 6.92 Å². The van der Waals surface area contributed by atoms with Crippen molar-refractivity contribution in [3.05, 3.63) is 47.9 Å². The van der Waals surface area contributed by atoms with Crippen molar-refractivity contribution in [1.29, 1.82) is 0 Å². The monoisotopic (exact) mass is 361 g/mol. The van der Waals surface area contributed by atoms with E-state index in [1.807, 2.05) is 30.3 Å². The van der Waals surface area contributed by atoms with Gasteiger partial charge in [0.15, 0.2) is 9.84 Å². The maximum absolute atomic E-state index is 12.7. The van der Waals surface area contributed by atoms with Gasteiger partial charge in [-0.25, -0.2) is 18.4 Å². The topological polar surface area (TPSA) is 98.2 Å². The summed E-state index contributed by atoms with van der Waals surface area (Å²) in [7, 11) is -1.78. The molecule has 0 bridgehead atoms. The number of carbonyl (C=O) groups is 1. The Labute approximate surface area is 146 Å². The Morgan fingerprint density at radius 1 is 1.24 bits per heavy atom. The third-order valence-corrected chi connectivity index (χ3v) is 5.82. The minimum Gasteiger partial charge on any atom is -0.378 e. The van der Waals surface area contributed by atoms with Gasteiger partial charge >= 0.3 is 0 Å². The summed E-state index contributed by atoms with van der Waals surface area (Å²) in [5.74, 6) is -0.0914. The molecule has 2 heterocycles. The summed E-state index contributed by atoms with van der Waals surface area (Å²) in [6, 6.07) is 8.72. The zero-order valence-corrected chi connectivity index (χ0v) is 14.8. The van der Waals surface area contributed by atoms with Crippen molar-refractivity contribution in [3.8, 4) is 11.3 Å². The number of rotatable bonds is 4. The molecule has 2 aromatic rings. The number of ether oxygens (including phenoxy) is 1. The third-order valence-electron chi connectivity index (χ3n) is 4.12. The normalized spacial score (nSPS) is 21.8. The predicted molar refractivity (Wildman–Crippen MR) is 92.9 cm³/mol. The van der Waals surface area contributed by atoms with Crippen molar-refractivity contribution >= 4 is 15.7 Å². The minimum atomic E-state index is -3.22. The molecule has 1 saturated heterocycles. The number of aryl methyl sites for hydroxylation is 1. The molecule has 1 aromatic carbocycles. The van der Waals surface area contributed by atoms with Gasteiger partial charge < -0.3 is 10.1 Å². The molecule has 8 heteroatoms. The van der Waals surface area contributed by atoms with Gasteiger partial charge in [-0.1, -0.05) is 30.3 Å². The summed E-state index contributed by atoms with van der Waals surface area (Å²) in [6.45, 7) is 1.75. The van der Waals surface area contributed by atoms with Crippen LogP contribution in [0.2, 0.25) is 0 Å². The molecule has 2 unspecified atom stereocenters. The molecule has 1 aliphatic rings. The Bertz CT molecular complexity index is 884. The van der Waals surface area contributed by atoms with E-state index in [-0.39, 0.29) is 11.5 Å². The van der Waals surface area contributed by atoms with Crippen molar-refractivity contribution < 1.29 is 17.9 Å². The summed E-state index contributed by atoms with van der Waals surface area (Å²) < 4.78 is 28.8. The number of nitrogens with one attached hydrogen (secondary N) is 1. The molecule has 1 aromatic heterocycles. The minimum absolute atomic E-state index is 0.0929. The van der Waals surface area contributed by atoms with Crippen LogP contribution in [0.3, 0.4) is 0 Å². The van der Waals surface area contributed by atoms with Gasteiger partial charge in [0.2, 0.25) is 0 Å². The molecule has 3 rings (SSSR count). The molecule has 0 saturated carbocycles. The van der Waals surface area contributed by atoms with Crippen LogP contribution in [-0.4, -0.2) is 55.1 Å². The second kappa shape index (κ2) is 6.89. The van der Waals surface area contributed by atoms with Crippen molar-refractivity contribution in [2.75, 3.05) is 18.6 Å². The van der Waals surface area contributed by atoms with Gasteiger partial charge in [-0.15, -0.1) is 0 Å². The highest BCUT2D eigenvalue weighted by Crippen LogP contribution is 2.22. The van der Waals surface area contributed by atoms with Gasteiger partial charge in [-0.05, 0) is 6.92 Å². The van der Waals surface area contributed by atoms with Crippen LogP contribution in [0.4, 0.5) is 0 Å². The first-order valence-electron chi connectivity index (χ1n) is 7.83. The summed E-state index contributed by atoms with van der Waals surface area (Å²) >= 11 is 0. The van der Waals surface area contributed by atoms with Crippen LogP contribution in [0.25, 0.3) is 11.3 Å². The van der Waals surface area contributed by atoms with E-state index in [4.69, 9.17) is 4.74 Å². The second-order valence-corrected chi connectivity index (χ2v) is 8.13. The Hall–Kier alpha value is -2.32. The second-order valence-electron chi connectivity index (χ2n) is 5.98. The number of hydrogen-bond acceptors (Lipinski definition) is 6. The first-order valence-corrected chi connectivity index (χ1v) is 9.65. The maximum atomic E-state index is 12.7. The summed E-state index contributed by atoms with van der Waals surface area (Å²) in [6.07, 6.45) is 0.908. The van der Waals surface area contributed by atoms with Gasteiger partial charge in [-0.2, -0.15) is 0 Å². The molecule has 1 aliphatic heterocycles. The fourth-order valence-corrected chi connectivity index (χ4v) is 4.73. The SMILES string of the molecule is COC1CS(=O)(=O)CC1NC(=O)c1cnc(C)nc1-c1ccccc1. The zero-order chi connectivity index (χ0) is 18.0. The number of sulfone groups is 1. The Morgan fingerprint density at radius 2 is 1.96 bits per heavy atom. The lowest BCUT2D eigenvalue weighted by Crippen LogP contribution is -2.43. The van der Waals surface area contributed by atoms with Crippen molar-refractivity contribution in [1.82, 2.24) is 15.3 Å². The summed E-state index contributed by atoms with van der Waals surface area (Å²) in [5, 5.41) is 2.76. The first kappa shape index (κ1) is 17.5. The fourth-order valence-electron chi connectivity index (χ4n) is 2.88. The molecule has 25 heavy (non-hydrogen) atoms. The van der Waals surface area contributed by atoms with Gasteiger partial charge in [-0.3, -0.25) is 4.79 Å². The molecule has 0 radical (unpaired) electrons. The van der Waals surface area contributed by atoms with Gasteiger partial charge in [0.05, 0.1) is 34.9 Å². The quantitative estimate of drug-likeness (QED) is 0.872. The van der Waals surface area contributed by atoms with Gasteiger partial charge in [0, 0.05) is 18.9 Å². The van der Waals surface area contributed by atoms with Gasteiger partial charge in [0.1, 0.15) is 5.82 Å².